The molecule has 0 radical (unpaired) electrons. The van der Waals surface area contributed by atoms with Crippen LogP contribution in [-0.4, -0.2) is 38.4 Å². The lowest BCUT2D eigenvalue weighted by Gasteiger charge is -2.30. The van der Waals surface area contributed by atoms with Gasteiger partial charge in [-0.15, -0.1) is 10.2 Å². The molecule has 1 saturated carbocycles. The van der Waals surface area contributed by atoms with Gasteiger partial charge in [0.1, 0.15) is 0 Å². The van der Waals surface area contributed by atoms with Crippen LogP contribution >= 0.6 is 0 Å². The first kappa shape index (κ1) is 13.9. The molecule has 118 valence electrons. The minimum Gasteiger partial charge on any atom is -0.424 e. The average Bonchev–Trinajstić information content (AvgIpc) is 3.07. The number of H-pyrrole nitrogens is 1. The van der Waals surface area contributed by atoms with Crippen molar-refractivity contribution in [2.45, 2.75) is 57.4 Å². The van der Waals surface area contributed by atoms with Crippen LogP contribution in [0.1, 0.15) is 67.1 Å². The minimum atomic E-state index is 0.507. The molecule has 2 aromatic rings. The van der Waals surface area contributed by atoms with E-state index in [4.69, 9.17) is 4.42 Å². The van der Waals surface area contributed by atoms with Gasteiger partial charge in [0.15, 0.2) is 0 Å². The van der Waals surface area contributed by atoms with E-state index in [-0.39, 0.29) is 0 Å². The van der Waals surface area contributed by atoms with E-state index in [1.807, 2.05) is 0 Å². The third-order valence-electron chi connectivity index (χ3n) is 4.95. The summed E-state index contributed by atoms with van der Waals surface area (Å²) >= 11 is 0. The van der Waals surface area contributed by atoms with E-state index in [1.54, 1.807) is 0 Å². The molecule has 1 aliphatic heterocycles. The molecular formula is C16H23N5O. The van der Waals surface area contributed by atoms with E-state index >= 15 is 0 Å². The Bertz CT molecular complexity index is 630. The molecule has 1 N–H and O–H groups in total. The zero-order valence-corrected chi connectivity index (χ0v) is 13.1. The molecule has 2 aliphatic rings. The number of hydrogen-bond acceptors (Lipinski definition) is 5. The Labute approximate surface area is 130 Å². The molecule has 0 bridgehead atoms. The zero-order chi connectivity index (χ0) is 14.9. The molecule has 0 amide bonds. The second-order valence-electron chi connectivity index (χ2n) is 6.71. The molecule has 6 nitrogen and oxygen atoms in total. The molecule has 0 spiro atoms. The predicted molar refractivity (Wildman–Crippen MR) is 81.5 cm³/mol. The minimum absolute atomic E-state index is 0.507. The SMILES string of the molecule is Cc1cc([C@@H]2CCCN(Cc3nnc(C4CCC4)o3)C2)n[nH]1. The van der Waals surface area contributed by atoms with Gasteiger partial charge in [-0.2, -0.15) is 5.10 Å². The van der Waals surface area contributed by atoms with E-state index in [0.29, 0.717) is 11.8 Å². The van der Waals surface area contributed by atoms with E-state index in [0.717, 1.165) is 37.1 Å². The molecule has 1 saturated heterocycles. The van der Waals surface area contributed by atoms with Gasteiger partial charge >= 0.3 is 0 Å². The van der Waals surface area contributed by atoms with E-state index in [9.17, 15) is 0 Å². The Morgan fingerprint density at radius 3 is 2.82 bits per heavy atom. The standard InChI is InChI=1S/C16H23N5O/c1-11-8-14(18-17-11)13-6-3-7-21(9-13)10-15-19-20-16(22-15)12-4-2-5-12/h8,12-13H,2-7,9-10H2,1H3,(H,17,18)/t13-/m1/s1. The third kappa shape index (κ3) is 2.79. The van der Waals surface area contributed by atoms with Crippen LogP contribution in [0.3, 0.4) is 0 Å². The van der Waals surface area contributed by atoms with Gasteiger partial charge in [0.05, 0.1) is 12.2 Å². The van der Waals surface area contributed by atoms with E-state index < -0.39 is 0 Å². The second kappa shape index (κ2) is 5.83. The molecule has 2 aromatic heterocycles. The van der Waals surface area contributed by atoms with Crippen LogP contribution in [0.15, 0.2) is 10.5 Å². The van der Waals surface area contributed by atoms with Gasteiger partial charge in [0, 0.05) is 24.1 Å². The highest BCUT2D eigenvalue weighted by Crippen LogP contribution is 2.35. The van der Waals surface area contributed by atoms with Crippen LogP contribution in [0, 0.1) is 6.92 Å². The van der Waals surface area contributed by atoms with Gasteiger partial charge in [0.2, 0.25) is 11.8 Å². The van der Waals surface area contributed by atoms with Crippen molar-refractivity contribution in [2.24, 2.45) is 0 Å². The normalized spacial score (nSPS) is 23.6. The highest BCUT2D eigenvalue weighted by Gasteiger charge is 2.27. The van der Waals surface area contributed by atoms with Gasteiger partial charge in [-0.3, -0.25) is 10.00 Å². The number of aromatic amines is 1. The summed E-state index contributed by atoms with van der Waals surface area (Å²) in [6.45, 7) is 4.93. The number of nitrogens with one attached hydrogen (secondary N) is 1. The highest BCUT2D eigenvalue weighted by molar-refractivity contribution is 5.13. The average molecular weight is 301 g/mol. The van der Waals surface area contributed by atoms with E-state index in [1.165, 1.54) is 37.8 Å². The highest BCUT2D eigenvalue weighted by atomic mass is 16.4. The number of rotatable bonds is 4. The second-order valence-corrected chi connectivity index (χ2v) is 6.71. The fourth-order valence-electron chi connectivity index (χ4n) is 3.43. The van der Waals surface area contributed by atoms with Crippen molar-refractivity contribution in [3.05, 3.63) is 29.2 Å². The summed E-state index contributed by atoms with van der Waals surface area (Å²) in [4.78, 5) is 2.41. The maximum Gasteiger partial charge on any atom is 0.230 e. The summed E-state index contributed by atoms with van der Waals surface area (Å²) in [5.74, 6) is 2.63. The summed E-state index contributed by atoms with van der Waals surface area (Å²) < 4.78 is 5.85. The lowest BCUT2D eigenvalue weighted by atomic mass is 9.85. The van der Waals surface area contributed by atoms with Crippen LogP contribution in [0.4, 0.5) is 0 Å². The Morgan fingerprint density at radius 1 is 1.23 bits per heavy atom. The van der Waals surface area contributed by atoms with Crippen LogP contribution in [-0.2, 0) is 6.54 Å². The van der Waals surface area contributed by atoms with Crippen LogP contribution in [0.25, 0.3) is 0 Å². The van der Waals surface area contributed by atoms with Gasteiger partial charge in [-0.1, -0.05) is 6.42 Å². The van der Waals surface area contributed by atoms with Gasteiger partial charge in [-0.05, 0) is 45.2 Å². The molecule has 1 aliphatic carbocycles. The molecule has 0 unspecified atom stereocenters. The first-order chi connectivity index (χ1) is 10.8. The summed E-state index contributed by atoms with van der Waals surface area (Å²) in [5, 5.41) is 15.9. The maximum absolute atomic E-state index is 5.85. The van der Waals surface area contributed by atoms with Crippen molar-refractivity contribution in [3.63, 3.8) is 0 Å². The largest absolute Gasteiger partial charge is 0.424 e. The van der Waals surface area contributed by atoms with Crippen molar-refractivity contribution in [1.82, 2.24) is 25.3 Å². The molecule has 1 atom stereocenters. The van der Waals surface area contributed by atoms with E-state index in [2.05, 4.69) is 38.3 Å². The Morgan fingerprint density at radius 2 is 2.09 bits per heavy atom. The third-order valence-corrected chi connectivity index (χ3v) is 4.95. The molecule has 6 heteroatoms. The first-order valence-electron chi connectivity index (χ1n) is 8.34. The van der Waals surface area contributed by atoms with Gasteiger partial charge < -0.3 is 4.42 Å². The zero-order valence-electron chi connectivity index (χ0n) is 13.1. The van der Waals surface area contributed by atoms with Crippen LogP contribution < -0.4 is 0 Å². The summed E-state index contributed by atoms with van der Waals surface area (Å²) in [7, 11) is 0. The number of aromatic nitrogens is 4. The van der Waals surface area contributed by atoms with Gasteiger partial charge in [0.25, 0.3) is 0 Å². The lowest BCUT2D eigenvalue weighted by Crippen LogP contribution is -2.34. The number of likely N-dealkylation sites (tertiary alicyclic amines) is 1. The topological polar surface area (TPSA) is 70.8 Å². The number of aryl methyl sites for hydroxylation is 1. The monoisotopic (exact) mass is 301 g/mol. The molecule has 22 heavy (non-hydrogen) atoms. The molecule has 4 rings (SSSR count). The summed E-state index contributed by atoms with van der Waals surface area (Å²) in [6, 6.07) is 2.16. The molecule has 0 aromatic carbocycles. The maximum atomic E-state index is 5.85. The lowest BCUT2D eigenvalue weighted by molar-refractivity contribution is 0.179. The van der Waals surface area contributed by atoms with Crippen LogP contribution in [0.2, 0.25) is 0 Å². The number of piperidine rings is 1. The van der Waals surface area contributed by atoms with Crippen molar-refractivity contribution in [1.29, 1.82) is 0 Å². The number of hydrogen-bond donors (Lipinski definition) is 1. The van der Waals surface area contributed by atoms with Crippen LogP contribution in [0.5, 0.6) is 0 Å². The fourth-order valence-corrected chi connectivity index (χ4v) is 3.43. The first-order valence-corrected chi connectivity index (χ1v) is 8.34. The Kier molecular flexibility index (Phi) is 3.70. The Hall–Kier alpha value is -1.69. The van der Waals surface area contributed by atoms with Gasteiger partial charge in [-0.25, -0.2) is 0 Å². The summed E-state index contributed by atoms with van der Waals surface area (Å²) in [6.07, 6.45) is 6.09. The Balaban J connectivity index is 1.38. The quantitative estimate of drug-likeness (QED) is 0.940. The van der Waals surface area contributed by atoms with Crippen molar-refractivity contribution >= 4 is 0 Å². The predicted octanol–water partition coefficient (Wildman–Crippen LogP) is 2.75. The summed E-state index contributed by atoms with van der Waals surface area (Å²) in [5.41, 5.74) is 2.32. The smallest absolute Gasteiger partial charge is 0.230 e. The number of nitrogens with zero attached hydrogens (tertiary/aromatic N) is 4. The van der Waals surface area contributed by atoms with Crippen molar-refractivity contribution in [2.75, 3.05) is 13.1 Å². The molecule has 3 heterocycles. The fraction of sp³-hybridized carbons (Fsp3) is 0.688. The van der Waals surface area contributed by atoms with Crippen molar-refractivity contribution < 1.29 is 4.42 Å². The van der Waals surface area contributed by atoms with Crippen molar-refractivity contribution in [3.8, 4) is 0 Å². The molecule has 2 fully saturated rings. The molecular weight excluding hydrogens is 278 g/mol.